The van der Waals surface area contributed by atoms with Crippen molar-refractivity contribution in [2.75, 3.05) is 20.1 Å². The van der Waals surface area contributed by atoms with Gasteiger partial charge in [0.05, 0.1) is 0 Å². The lowest BCUT2D eigenvalue weighted by molar-refractivity contribution is 0.0296. The third-order valence-electron chi connectivity index (χ3n) is 3.93. The summed E-state index contributed by atoms with van der Waals surface area (Å²) in [5, 5.41) is 3.57. The largest absolute Gasteiger partial charge is 0.444 e. The highest BCUT2D eigenvalue weighted by Gasteiger charge is 2.30. The Morgan fingerprint density at radius 2 is 1.95 bits per heavy atom. The average Bonchev–Trinajstić information content (AvgIpc) is 2.22. The smallest absolute Gasteiger partial charge is 0.410 e. The fourth-order valence-corrected chi connectivity index (χ4v) is 2.43. The maximum absolute atomic E-state index is 11.8. The predicted octanol–water partition coefficient (Wildman–Crippen LogP) is 3.27. The maximum atomic E-state index is 11.8. The first-order valence-electron chi connectivity index (χ1n) is 7.86. The van der Waals surface area contributed by atoms with E-state index in [1.54, 1.807) is 11.9 Å². The molecule has 0 aromatic carbocycles. The molecule has 0 spiro atoms. The van der Waals surface area contributed by atoms with E-state index in [-0.39, 0.29) is 6.09 Å². The van der Waals surface area contributed by atoms with Crippen LogP contribution in [0.5, 0.6) is 0 Å². The van der Waals surface area contributed by atoms with Gasteiger partial charge in [-0.1, -0.05) is 13.8 Å². The van der Waals surface area contributed by atoms with Crippen LogP contribution in [-0.4, -0.2) is 42.8 Å². The van der Waals surface area contributed by atoms with Crippen molar-refractivity contribution in [1.82, 2.24) is 10.2 Å². The molecule has 1 amide bonds. The molecule has 1 N–H and O–H groups in total. The Labute approximate surface area is 124 Å². The number of rotatable bonds is 6. The zero-order valence-corrected chi connectivity index (χ0v) is 14.0. The van der Waals surface area contributed by atoms with Crippen molar-refractivity contribution >= 4 is 6.09 Å². The molecule has 1 rings (SSSR count). The quantitative estimate of drug-likeness (QED) is 0.761. The second-order valence-corrected chi connectivity index (χ2v) is 7.38. The Morgan fingerprint density at radius 3 is 2.45 bits per heavy atom. The summed E-state index contributed by atoms with van der Waals surface area (Å²) in [7, 11) is 1.80. The van der Waals surface area contributed by atoms with Crippen molar-refractivity contribution < 1.29 is 9.53 Å². The minimum absolute atomic E-state index is 0.235. The van der Waals surface area contributed by atoms with Crippen LogP contribution >= 0.6 is 0 Å². The summed E-state index contributed by atoms with van der Waals surface area (Å²) in [6.45, 7) is 12.0. The molecule has 0 atom stereocenters. The van der Waals surface area contributed by atoms with Crippen molar-refractivity contribution in [2.45, 2.75) is 65.5 Å². The fraction of sp³-hybridized carbons (Fsp3) is 0.938. The number of nitrogens with one attached hydrogen (secondary N) is 1. The summed E-state index contributed by atoms with van der Waals surface area (Å²) in [4.78, 5) is 13.4. The lowest BCUT2D eigenvalue weighted by atomic mass is 9.74. The molecular formula is C16H32N2O2. The zero-order valence-electron chi connectivity index (χ0n) is 14.0. The molecule has 0 unspecified atom stereocenters. The minimum Gasteiger partial charge on any atom is -0.444 e. The maximum Gasteiger partial charge on any atom is 0.410 e. The van der Waals surface area contributed by atoms with E-state index in [2.05, 4.69) is 19.2 Å². The van der Waals surface area contributed by atoms with Gasteiger partial charge in [0, 0.05) is 19.6 Å². The zero-order chi connectivity index (χ0) is 15.3. The Kier molecular flexibility index (Phi) is 6.31. The standard InChI is InChI=1S/C16H32N2O2/c1-12(2)13-10-14(11-13)17-8-7-9-18(6)15(19)20-16(3,4)5/h12-14,17H,7-11H2,1-6H3. The molecule has 4 heteroatoms. The molecule has 0 bridgehead atoms. The van der Waals surface area contributed by atoms with E-state index in [1.807, 2.05) is 20.8 Å². The first-order valence-corrected chi connectivity index (χ1v) is 7.86. The highest BCUT2D eigenvalue weighted by atomic mass is 16.6. The molecule has 1 fully saturated rings. The summed E-state index contributed by atoms with van der Waals surface area (Å²) in [6, 6.07) is 0.689. The Bertz CT molecular complexity index is 304. The molecule has 0 radical (unpaired) electrons. The number of amides is 1. The van der Waals surface area contributed by atoms with Gasteiger partial charge in [-0.3, -0.25) is 0 Å². The van der Waals surface area contributed by atoms with E-state index in [9.17, 15) is 4.79 Å². The summed E-state index contributed by atoms with van der Waals surface area (Å²) >= 11 is 0. The Morgan fingerprint density at radius 1 is 1.35 bits per heavy atom. The molecule has 1 aliphatic carbocycles. The van der Waals surface area contributed by atoms with Crippen LogP contribution in [0.1, 0.15) is 53.9 Å². The first kappa shape index (κ1) is 17.3. The average molecular weight is 284 g/mol. The van der Waals surface area contributed by atoms with E-state index in [4.69, 9.17) is 4.74 Å². The topological polar surface area (TPSA) is 41.6 Å². The Hall–Kier alpha value is -0.770. The van der Waals surface area contributed by atoms with Gasteiger partial charge in [-0.2, -0.15) is 0 Å². The number of carbonyl (C=O) groups is 1. The van der Waals surface area contributed by atoms with E-state index in [0.29, 0.717) is 6.04 Å². The number of carbonyl (C=O) groups excluding carboxylic acids is 1. The number of ether oxygens (including phenoxy) is 1. The molecule has 0 aromatic heterocycles. The predicted molar refractivity (Wildman–Crippen MR) is 82.8 cm³/mol. The van der Waals surface area contributed by atoms with Gasteiger partial charge in [0.15, 0.2) is 0 Å². The molecule has 1 aliphatic rings. The Balaban J connectivity index is 2.05. The van der Waals surface area contributed by atoms with Gasteiger partial charge in [0.1, 0.15) is 5.60 Å². The third-order valence-corrected chi connectivity index (χ3v) is 3.93. The van der Waals surface area contributed by atoms with Gasteiger partial charge in [-0.25, -0.2) is 4.79 Å². The lowest BCUT2D eigenvalue weighted by Crippen LogP contribution is -2.44. The molecule has 0 aromatic rings. The second-order valence-electron chi connectivity index (χ2n) is 7.38. The van der Waals surface area contributed by atoms with Crippen molar-refractivity contribution in [3.05, 3.63) is 0 Å². The fourth-order valence-electron chi connectivity index (χ4n) is 2.43. The van der Waals surface area contributed by atoms with Crippen LogP contribution in [0.25, 0.3) is 0 Å². The van der Waals surface area contributed by atoms with Crippen molar-refractivity contribution in [3.8, 4) is 0 Å². The number of hydrogen-bond donors (Lipinski definition) is 1. The highest BCUT2D eigenvalue weighted by Crippen LogP contribution is 2.33. The molecule has 20 heavy (non-hydrogen) atoms. The van der Waals surface area contributed by atoms with E-state index < -0.39 is 5.60 Å². The normalized spacial score (nSPS) is 22.6. The van der Waals surface area contributed by atoms with Gasteiger partial charge >= 0.3 is 6.09 Å². The van der Waals surface area contributed by atoms with Crippen LogP contribution in [0.3, 0.4) is 0 Å². The van der Waals surface area contributed by atoms with Gasteiger partial charge in [-0.15, -0.1) is 0 Å². The van der Waals surface area contributed by atoms with Crippen LogP contribution in [0, 0.1) is 11.8 Å². The first-order chi connectivity index (χ1) is 9.19. The molecule has 4 nitrogen and oxygen atoms in total. The van der Waals surface area contributed by atoms with Crippen LogP contribution in [0.2, 0.25) is 0 Å². The highest BCUT2D eigenvalue weighted by molar-refractivity contribution is 5.67. The van der Waals surface area contributed by atoms with Crippen LogP contribution < -0.4 is 5.32 Å². The molecule has 118 valence electrons. The SMILES string of the molecule is CC(C)C1CC(NCCCN(C)C(=O)OC(C)(C)C)C1. The summed E-state index contributed by atoms with van der Waals surface area (Å²) in [5.74, 6) is 1.71. The summed E-state index contributed by atoms with van der Waals surface area (Å²) in [6.07, 6.45) is 3.35. The van der Waals surface area contributed by atoms with Crippen LogP contribution in [0.15, 0.2) is 0 Å². The summed E-state index contributed by atoms with van der Waals surface area (Å²) < 4.78 is 5.32. The molecule has 0 heterocycles. The van der Waals surface area contributed by atoms with Crippen molar-refractivity contribution in [2.24, 2.45) is 11.8 Å². The molecule has 0 aliphatic heterocycles. The van der Waals surface area contributed by atoms with Crippen LogP contribution in [0.4, 0.5) is 4.79 Å². The number of hydrogen-bond acceptors (Lipinski definition) is 3. The minimum atomic E-state index is -0.415. The molecule has 0 saturated heterocycles. The van der Waals surface area contributed by atoms with Gasteiger partial charge in [-0.05, 0) is 58.4 Å². The van der Waals surface area contributed by atoms with Gasteiger partial charge in [0.25, 0.3) is 0 Å². The van der Waals surface area contributed by atoms with Crippen molar-refractivity contribution in [3.63, 3.8) is 0 Å². The van der Waals surface area contributed by atoms with Gasteiger partial charge < -0.3 is 15.0 Å². The van der Waals surface area contributed by atoms with E-state index in [1.165, 1.54) is 12.8 Å². The van der Waals surface area contributed by atoms with E-state index in [0.717, 1.165) is 31.3 Å². The second kappa shape index (κ2) is 7.30. The molecular weight excluding hydrogens is 252 g/mol. The number of nitrogens with zero attached hydrogens (tertiary/aromatic N) is 1. The lowest BCUT2D eigenvalue weighted by Gasteiger charge is -2.38. The monoisotopic (exact) mass is 284 g/mol. The molecule has 1 saturated carbocycles. The summed E-state index contributed by atoms with van der Waals surface area (Å²) in [5.41, 5.74) is -0.415. The van der Waals surface area contributed by atoms with Crippen molar-refractivity contribution in [1.29, 1.82) is 0 Å². The third kappa shape index (κ3) is 6.12. The van der Waals surface area contributed by atoms with Crippen LogP contribution in [-0.2, 0) is 4.74 Å². The van der Waals surface area contributed by atoms with Gasteiger partial charge in [0.2, 0.25) is 0 Å². The van der Waals surface area contributed by atoms with E-state index >= 15 is 0 Å².